The van der Waals surface area contributed by atoms with Gasteiger partial charge in [0, 0.05) is 11.6 Å². The van der Waals surface area contributed by atoms with E-state index in [1.807, 2.05) is 0 Å². The molecule has 17 heavy (non-hydrogen) atoms. The highest BCUT2D eigenvalue weighted by Crippen LogP contribution is 2.35. The fourth-order valence-electron chi connectivity index (χ4n) is 2.32. The molecule has 0 bridgehead atoms. The van der Waals surface area contributed by atoms with Crippen LogP contribution in [-0.4, -0.2) is 12.6 Å². The minimum absolute atomic E-state index is 0.356. The average Bonchev–Trinajstić information content (AvgIpc) is 2.70. The van der Waals surface area contributed by atoms with Gasteiger partial charge in [0.2, 0.25) is 0 Å². The van der Waals surface area contributed by atoms with E-state index in [9.17, 15) is 0 Å². The third-order valence-electron chi connectivity index (χ3n) is 3.53. The number of fused-ring (bicyclic) bond motifs is 1. The first kappa shape index (κ1) is 12.4. The summed E-state index contributed by atoms with van der Waals surface area (Å²) in [4.78, 5) is 0. The van der Waals surface area contributed by atoms with Gasteiger partial charge >= 0.3 is 0 Å². The molecular formula is C15H23NO. The van der Waals surface area contributed by atoms with E-state index in [4.69, 9.17) is 4.74 Å². The second-order valence-corrected chi connectivity index (χ2v) is 5.29. The van der Waals surface area contributed by atoms with E-state index in [1.165, 1.54) is 17.5 Å². The predicted octanol–water partition coefficient (Wildman–Crippen LogP) is 3.63. The molecule has 2 heteroatoms. The van der Waals surface area contributed by atoms with E-state index >= 15 is 0 Å². The van der Waals surface area contributed by atoms with Crippen LogP contribution in [0.4, 0.5) is 0 Å². The van der Waals surface area contributed by atoms with E-state index in [2.05, 4.69) is 51.2 Å². The lowest BCUT2D eigenvalue weighted by molar-refractivity contribution is 0.303. The molecule has 1 heterocycles. The molecule has 0 aromatic heterocycles. The molecule has 1 aliphatic rings. The summed E-state index contributed by atoms with van der Waals surface area (Å²) in [6.45, 7) is 9.63. The monoisotopic (exact) mass is 233 g/mol. The molecule has 0 spiro atoms. The van der Waals surface area contributed by atoms with Gasteiger partial charge in [-0.25, -0.2) is 0 Å². The number of ether oxygens (including phenoxy) is 1. The minimum Gasteiger partial charge on any atom is -0.491 e. The Morgan fingerprint density at radius 1 is 1.35 bits per heavy atom. The average molecular weight is 233 g/mol. The lowest BCUT2D eigenvalue weighted by Gasteiger charge is -2.16. The summed E-state index contributed by atoms with van der Waals surface area (Å²) >= 11 is 0. The van der Waals surface area contributed by atoms with Crippen molar-refractivity contribution in [3.05, 3.63) is 29.3 Å². The summed E-state index contributed by atoms with van der Waals surface area (Å²) in [5.41, 5.74) is 2.75. The number of hydrogen-bond acceptors (Lipinski definition) is 2. The highest BCUT2D eigenvalue weighted by atomic mass is 16.5. The molecule has 2 atom stereocenters. The third-order valence-corrected chi connectivity index (χ3v) is 3.53. The van der Waals surface area contributed by atoms with E-state index < -0.39 is 0 Å². The number of nitrogens with one attached hydrogen (secondary N) is 1. The zero-order valence-electron chi connectivity index (χ0n) is 11.3. The van der Waals surface area contributed by atoms with Gasteiger partial charge in [0.1, 0.15) is 12.4 Å². The van der Waals surface area contributed by atoms with Crippen molar-refractivity contribution in [3.8, 4) is 5.75 Å². The maximum absolute atomic E-state index is 5.72. The molecule has 0 aliphatic carbocycles. The van der Waals surface area contributed by atoms with Gasteiger partial charge in [-0.15, -0.1) is 0 Å². The fourth-order valence-corrected chi connectivity index (χ4v) is 2.32. The zero-order valence-corrected chi connectivity index (χ0v) is 11.3. The standard InChI is InChI=1S/C15H23NO/c1-5-11(4)12-6-7-15-13(8-12)14(9-17-15)16-10(2)3/h6-8,10-11,14,16H,5,9H2,1-4H3. The van der Waals surface area contributed by atoms with Crippen LogP contribution in [0, 0.1) is 0 Å². The SMILES string of the molecule is CCC(C)c1ccc2c(c1)C(NC(C)C)CO2. The largest absolute Gasteiger partial charge is 0.491 e. The van der Waals surface area contributed by atoms with Crippen LogP contribution in [0.3, 0.4) is 0 Å². The molecule has 0 radical (unpaired) electrons. The maximum atomic E-state index is 5.72. The van der Waals surface area contributed by atoms with Gasteiger partial charge in [0.05, 0.1) is 6.04 Å². The van der Waals surface area contributed by atoms with Crippen molar-refractivity contribution in [3.63, 3.8) is 0 Å². The Balaban J connectivity index is 2.24. The van der Waals surface area contributed by atoms with Gasteiger partial charge in [0.15, 0.2) is 0 Å². The lowest BCUT2D eigenvalue weighted by atomic mass is 9.95. The molecule has 2 rings (SSSR count). The molecule has 2 unspecified atom stereocenters. The van der Waals surface area contributed by atoms with E-state index in [1.54, 1.807) is 0 Å². The van der Waals surface area contributed by atoms with Gasteiger partial charge in [-0.3, -0.25) is 0 Å². The molecule has 1 N–H and O–H groups in total. The van der Waals surface area contributed by atoms with Crippen LogP contribution in [0.15, 0.2) is 18.2 Å². The first-order chi connectivity index (χ1) is 8.11. The quantitative estimate of drug-likeness (QED) is 0.857. The van der Waals surface area contributed by atoms with Crippen molar-refractivity contribution in [2.75, 3.05) is 6.61 Å². The molecular weight excluding hydrogens is 210 g/mol. The fraction of sp³-hybridized carbons (Fsp3) is 0.600. The van der Waals surface area contributed by atoms with Crippen LogP contribution in [0.2, 0.25) is 0 Å². The molecule has 94 valence electrons. The Labute approximate surface area is 104 Å². The first-order valence-corrected chi connectivity index (χ1v) is 6.64. The molecule has 0 fully saturated rings. The highest BCUT2D eigenvalue weighted by Gasteiger charge is 2.25. The van der Waals surface area contributed by atoms with Crippen molar-refractivity contribution < 1.29 is 4.74 Å². The molecule has 1 aliphatic heterocycles. The molecule has 0 amide bonds. The summed E-state index contributed by atoms with van der Waals surface area (Å²) < 4.78 is 5.72. The molecule has 2 nitrogen and oxygen atoms in total. The van der Waals surface area contributed by atoms with Crippen LogP contribution >= 0.6 is 0 Å². The van der Waals surface area contributed by atoms with Gasteiger partial charge in [-0.2, -0.15) is 0 Å². The van der Waals surface area contributed by atoms with Crippen molar-refractivity contribution in [1.82, 2.24) is 5.32 Å². The smallest absolute Gasteiger partial charge is 0.124 e. The normalized spacial score (nSPS) is 20.2. The van der Waals surface area contributed by atoms with Crippen molar-refractivity contribution >= 4 is 0 Å². The Hall–Kier alpha value is -1.02. The van der Waals surface area contributed by atoms with Gasteiger partial charge in [-0.1, -0.05) is 39.8 Å². The molecule has 0 saturated heterocycles. The number of benzene rings is 1. The van der Waals surface area contributed by atoms with E-state index in [0.29, 0.717) is 18.0 Å². The van der Waals surface area contributed by atoms with Crippen LogP contribution in [0.5, 0.6) is 5.75 Å². The second kappa shape index (κ2) is 5.09. The molecule has 1 aromatic rings. The summed E-state index contributed by atoms with van der Waals surface area (Å²) in [6.07, 6.45) is 1.18. The Bertz CT molecular complexity index is 387. The summed E-state index contributed by atoms with van der Waals surface area (Å²) in [7, 11) is 0. The number of rotatable bonds is 4. The number of hydrogen-bond donors (Lipinski definition) is 1. The van der Waals surface area contributed by atoms with Gasteiger partial charge in [-0.05, 0) is 24.0 Å². The van der Waals surface area contributed by atoms with E-state index in [0.717, 1.165) is 12.4 Å². The van der Waals surface area contributed by atoms with Crippen LogP contribution < -0.4 is 10.1 Å². The van der Waals surface area contributed by atoms with Crippen molar-refractivity contribution in [2.45, 2.75) is 52.1 Å². The topological polar surface area (TPSA) is 21.3 Å². The Morgan fingerprint density at radius 2 is 2.12 bits per heavy atom. The highest BCUT2D eigenvalue weighted by molar-refractivity contribution is 5.43. The Morgan fingerprint density at radius 3 is 2.76 bits per heavy atom. The summed E-state index contributed by atoms with van der Waals surface area (Å²) in [6, 6.07) is 7.48. The van der Waals surface area contributed by atoms with E-state index in [-0.39, 0.29) is 0 Å². The summed E-state index contributed by atoms with van der Waals surface area (Å²) in [5, 5.41) is 3.56. The van der Waals surface area contributed by atoms with Gasteiger partial charge in [0.25, 0.3) is 0 Å². The second-order valence-electron chi connectivity index (χ2n) is 5.29. The lowest BCUT2D eigenvalue weighted by Crippen LogP contribution is -2.29. The van der Waals surface area contributed by atoms with Crippen LogP contribution in [0.1, 0.15) is 57.2 Å². The Kier molecular flexibility index (Phi) is 3.72. The first-order valence-electron chi connectivity index (χ1n) is 6.64. The van der Waals surface area contributed by atoms with Crippen molar-refractivity contribution in [1.29, 1.82) is 0 Å². The maximum Gasteiger partial charge on any atom is 0.124 e. The zero-order chi connectivity index (χ0) is 12.4. The molecule has 1 aromatic carbocycles. The van der Waals surface area contributed by atoms with Crippen LogP contribution in [0.25, 0.3) is 0 Å². The molecule has 0 saturated carbocycles. The minimum atomic E-state index is 0.356. The third kappa shape index (κ3) is 2.63. The summed E-state index contributed by atoms with van der Waals surface area (Å²) in [5.74, 6) is 1.68. The predicted molar refractivity (Wildman–Crippen MR) is 71.7 cm³/mol. The van der Waals surface area contributed by atoms with Gasteiger partial charge < -0.3 is 10.1 Å². The van der Waals surface area contributed by atoms with Crippen molar-refractivity contribution in [2.24, 2.45) is 0 Å². The van der Waals surface area contributed by atoms with Crippen LogP contribution in [-0.2, 0) is 0 Å².